The third kappa shape index (κ3) is 3.27. The van der Waals surface area contributed by atoms with Gasteiger partial charge in [-0.05, 0) is 6.92 Å². The third-order valence-electron chi connectivity index (χ3n) is 3.10. The molecule has 1 aromatic rings. The lowest BCUT2D eigenvalue weighted by Crippen LogP contribution is -2.46. The highest BCUT2D eigenvalue weighted by molar-refractivity contribution is 5.90. The number of piperazine rings is 1. The van der Waals surface area contributed by atoms with Gasteiger partial charge in [0.05, 0.1) is 0 Å². The first-order valence-electron chi connectivity index (χ1n) is 6.24. The number of aromatic amines is 1. The average Bonchev–Trinajstić information content (AvgIpc) is 2.83. The molecule has 0 atom stereocenters. The van der Waals surface area contributed by atoms with Crippen molar-refractivity contribution < 1.29 is 4.79 Å². The Bertz CT molecular complexity index is 398. The summed E-state index contributed by atoms with van der Waals surface area (Å²) in [6.45, 7) is 7.52. The van der Waals surface area contributed by atoms with Crippen LogP contribution in [-0.4, -0.2) is 77.2 Å². The normalized spacial score (nSPS) is 16.8. The van der Waals surface area contributed by atoms with Crippen LogP contribution in [0.15, 0.2) is 0 Å². The van der Waals surface area contributed by atoms with E-state index in [0.717, 1.165) is 32.7 Å². The van der Waals surface area contributed by atoms with E-state index in [9.17, 15) is 4.79 Å². The number of aryl methyl sites for hydroxylation is 1. The van der Waals surface area contributed by atoms with Gasteiger partial charge >= 0.3 is 0 Å². The summed E-state index contributed by atoms with van der Waals surface area (Å²) in [6, 6.07) is 0. The van der Waals surface area contributed by atoms with E-state index in [2.05, 4.69) is 25.4 Å². The Labute approximate surface area is 107 Å². The summed E-state index contributed by atoms with van der Waals surface area (Å²) in [6.07, 6.45) is 0. The Morgan fingerprint density at radius 2 is 2.17 bits per heavy atom. The molecule has 0 aliphatic carbocycles. The first kappa shape index (κ1) is 13.0. The van der Waals surface area contributed by atoms with E-state index in [1.165, 1.54) is 0 Å². The second kappa shape index (κ2) is 5.92. The van der Waals surface area contributed by atoms with Gasteiger partial charge in [-0.15, -0.1) is 5.10 Å². The van der Waals surface area contributed by atoms with Crippen molar-refractivity contribution in [1.29, 1.82) is 0 Å². The van der Waals surface area contributed by atoms with Gasteiger partial charge < -0.3 is 10.2 Å². The fourth-order valence-corrected chi connectivity index (χ4v) is 1.94. The van der Waals surface area contributed by atoms with E-state index in [1.54, 1.807) is 18.9 Å². The molecule has 1 fully saturated rings. The second-order valence-electron chi connectivity index (χ2n) is 4.56. The van der Waals surface area contributed by atoms with Gasteiger partial charge in [0.1, 0.15) is 5.82 Å². The molecule has 0 radical (unpaired) electrons. The van der Waals surface area contributed by atoms with Crippen molar-refractivity contribution in [2.75, 3.05) is 46.3 Å². The Hall–Kier alpha value is -1.47. The highest BCUT2D eigenvalue weighted by Gasteiger charge is 2.17. The van der Waals surface area contributed by atoms with Crippen LogP contribution < -0.4 is 5.32 Å². The van der Waals surface area contributed by atoms with E-state index >= 15 is 0 Å². The predicted molar refractivity (Wildman–Crippen MR) is 67.4 cm³/mol. The average molecular weight is 252 g/mol. The van der Waals surface area contributed by atoms with E-state index in [-0.39, 0.29) is 11.7 Å². The zero-order valence-corrected chi connectivity index (χ0v) is 10.9. The molecule has 0 unspecified atom stereocenters. The lowest BCUT2D eigenvalue weighted by Gasteiger charge is -2.28. The molecule has 0 saturated carbocycles. The molecule has 18 heavy (non-hydrogen) atoms. The Morgan fingerprint density at radius 3 is 2.78 bits per heavy atom. The lowest BCUT2D eigenvalue weighted by atomic mass is 10.3. The summed E-state index contributed by atoms with van der Waals surface area (Å²) in [5.41, 5.74) is 0. The topological polar surface area (TPSA) is 77.2 Å². The number of carbonyl (C=O) groups excluding carboxylic acids is 1. The Morgan fingerprint density at radius 1 is 1.44 bits per heavy atom. The van der Waals surface area contributed by atoms with Crippen molar-refractivity contribution in [3.63, 3.8) is 0 Å². The van der Waals surface area contributed by atoms with Crippen molar-refractivity contribution >= 4 is 5.91 Å². The van der Waals surface area contributed by atoms with Crippen LogP contribution in [-0.2, 0) is 0 Å². The maximum Gasteiger partial charge on any atom is 0.293 e. The zero-order valence-electron chi connectivity index (χ0n) is 10.9. The smallest absolute Gasteiger partial charge is 0.293 e. The maximum absolute atomic E-state index is 12.0. The predicted octanol–water partition coefficient (Wildman–Crippen LogP) is -0.910. The summed E-state index contributed by atoms with van der Waals surface area (Å²) in [5, 5.41) is 9.87. The Balaban J connectivity index is 1.80. The molecule has 2 rings (SSSR count). The number of nitrogens with one attached hydrogen (secondary N) is 2. The van der Waals surface area contributed by atoms with Crippen molar-refractivity contribution in [2.45, 2.75) is 6.92 Å². The number of hydrogen-bond donors (Lipinski definition) is 2. The number of nitrogens with zero attached hydrogens (tertiary/aromatic N) is 4. The molecule has 100 valence electrons. The molecule has 0 spiro atoms. The summed E-state index contributed by atoms with van der Waals surface area (Å²) < 4.78 is 0. The molecule has 7 heteroatoms. The van der Waals surface area contributed by atoms with Crippen LogP contribution in [0.3, 0.4) is 0 Å². The molecule has 2 N–H and O–H groups in total. The van der Waals surface area contributed by atoms with Crippen molar-refractivity contribution in [3.05, 3.63) is 11.6 Å². The van der Waals surface area contributed by atoms with E-state index in [4.69, 9.17) is 0 Å². The van der Waals surface area contributed by atoms with Gasteiger partial charge in [-0.3, -0.25) is 14.8 Å². The molecule has 2 heterocycles. The lowest BCUT2D eigenvalue weighted by molar-refractivity contribution is 0.0763. The van der Waals surface area contributed by atoms with Crippen LogP contribution in [0.25, 0.3) is 0 Å². The number of carbonyl (C=O) groups is 1. The minimum Gasteiger partial charge on any atom is -0.338 e. The van der Waals surface area contributed by atoms with E-state index < -0.39 is 0 Å². The van der Waals surface area contributed by atoms with Crippen LogP contribution >= 0.6 is 0 Å². The monoisotopic (exact) mass is 252 g/mol. The largest absolute Gasteiger partial charge is 0.338 e. The standard InChI is InChI=1S/C11H20N6O/c1-9-13-10(15-14-9)11(18)16(2)7-8-17-5-3-12-4-6-17/h12H,3-8H2,1-2H3,(H,13,14,15). The first-order chi connectivity index (χ1) is 8.66. The fourth-order valence-electron chi connectivity index (χ4n) is 1.94. The van der Waals surface area contributed by atoms with Gasteiger partial charge in [0, 0.05) is 46.3 Å². The number of rotatable bonds is 4. The fraction of sp³-hybridized carbons (Fsp3) is 0.727. The van der Waals surface area contributed by atoms with Gasteiger partial charge in [-0.25, -0.2) is 4.98 Å². The summed E-state index contributed by atoms with van der Waals surface area (Å²) in [7, 11) is 1.79. The molecule has 1 amide bonds. The molecule has 1 aliphatic heterocycles. The van der Waals surface area contributed by atoms with E-state index in [1.807, 2.05) is 0 Å². The van der Waals surface area contributed by atoms with Crippen molar-refractivity contribution in [3.8, 4) is 0 Å². The molecule has 0 aromatic carbocycles. The maximum atomic E-state index is 12.0. The first-order valence-corrected chi connectivity index (χ1v) is 6.24. The van der Waals surface area contributed by atoms with Crippen molar-refractivity contribution in [1.82, 2.24) is 30.3 Å². The van der Waals surface area contributed by atoms with E-state index in [0.29, 0.717) is 12.4 Å². The van der Waals surface area contributed by atoms with Crippen LogP contribution in [0, 0.1) is 6.92 Å². The van der Waals surface area contributed by atoms with Crippen LogP contribution in [0.2, 0.25) is 0 Å². The summed E-state index contributed by atoms with van der Waals surface area (Å²) >= 11 is 0. The second-order valence-corrected chi connectivity index (χ2v) is 4.56. The molecule has 0 bridgehead atoms. The molecule has 1 saturated heterocycles. The number of H-pyrrole nitrogens is 1. The number of aromatic nitrogens is 3. The quantitative estimate of drug-likeness (QED) is 0.725. The van der Waals surface area contributed by atoms with Crippen LogP contribution in [0.4, 0.5) is 0 Å². The minimum absolute atomic E-state index is 0.130. The summed E-state index contributed by atoms with van der Waals surface area (Å²) in [4.78, 5) is 20.0. The molecular formula is C11H20N6O. The van der Waals surface area contributed by atoms with Gasteiger partial charge in [0.15, 0.2) is 0 Å². The summed E-state index contributed by atoms with van der Waals surface area (Å²) in [5.74, 6) is 0.777. The van der Waals surface area contributed by atoms with Gasteiger partial charge in [0.2, 0.25) is 5.82 Å². The molecular weight excluding hydrogens is 232 g/mol. The highest BCUT2D eigenvalue weighted by atomic mass is 16.2. The Kier molecular flexibility index (Phi) is 4.27. The minimum atomic E-state index is -0.130. The van der Waals surface area contributed by atoms with Gasteiger partial charge in [0.25, 0.3) is 5.91 Å². The molecule has 7 nitrogen and oxygen atoms in total. The van der Waals surface area contributed by atoms with Gasteiger partial charge in [-0.2, -0.15) is 0 Å². The molecule has 1 aliphatic rings. The van der Waals surface area contributed by atoms with Crippen molar-refractivity contribution in [2.24, 2.45) is 0 Å². The SMILES string of the molecule is Cc1nc(C(=O)N(C)CCN2CCNCC2)n[nH]1. The van der Waals surface area contributed by atoms with Crippen LogP contribution in [0.1, 0.15) is 16.4 Å². The molecule has 1 aromatic heterocycles. The number of hydrogen-bond acceptors (Lipinski definition) is 5. The highest BCUT2D eigenvalue weighted by Crippen LogP contribution is 1.99. The van der Waals surface area contributed by atoms with Gasteiger partial charge in [-0.1, -0.05) is 0 Å². The zero-order chi connectivity index (χ0) is 13.0. The third-order valence-corrected chi connectivity index (χ3v) is 3.10. The number of amides is 1. The van der Waals surface area contributed by atoms with Crippen LogP contribution in [0.5, 0.6) is 0 Å². The number of likely N-dealkylation sites (N-methyl/N-ethyl adjacent to an activating group) is 1.